The Kier molecular flexibility index (Phi) is 6.82. The van der Waals surface area contributed by atoms with Crippen LogP contribution in [-0.4, -0.2) is 43.3 Å². The van der Waals surface area contributed by atoms with Crippen molar-refractivity contribution >= 4 is 11.8 Å². The zero-order valence-electron chi connectivity index (χ0n) is 14.6. The van der Waals surface area contributed by atoms with Gasteiger partial charge >= 0.3 is 6.03 Å². The Hall–Kier alpha value is -3.03. The molecule has 1 aromatic heterocycles. The van der Waals surface area contributed by atoms with E-state index in [0.29, 0.717) is 30.4 Å². The van der Waals surface area contributed by atoms with Crippen LogP contribution in [-0.2, 0) is 0 Å². The topological polar surface area (TPSA) is 97.4 Å². The number of rotatable bonds is 8. The number of methoxy groups -OCH3 is 2. The minimum absolute atomic E-state index is 0.214. The van der Waals surface area contributed by atoms with Crippen LogP contribution in [0.5, 0.6) is 11.5 Å². The molecule has 2 aromatic rings. The van der Waals surface area contributed by atoms with Gasteiger partial charge in [0.2, 0.25) is 0 Å². The summed E-state index contributed by atoms with van der Waals surface area (Å²) in [6, 6.07) is 5.02. The number of urea groups is 1. The number of ether oxygens (including phenoxy) is 2. The van der Waals surface area contributed by atoms with E-state index in [2.05, 4.69) is 25.9 Å². The zero-order valence-corrected chi connectivity index (χ0v) is 14.6. The highest BCUT2D eigenvalue weighted by Gasteiger charge is 2.14. The van der Waals surface area contributed by atoms with E-state index >= 15 is 0 Å². The molecule has 2 amide bonds. The highest BCUT2D eigenvalue weighted by atomic mass is 16.5. The minimum Gasteiger partial charge on any atom is -0.497 e. The van der Waals surface area contributed by atoms with Crippen LogP contribution in [0.4, 0.5) is 10.6 Å². The molecule has 0 saturated carbocycles. The third-order valence-electron chi connectivity index (χ3n) is 3.53. The molecule has 0 saturated heterocycles. The number of anilines is 1. The molecule has 25 heavy (non-hydrogen) atoms. The summed E-state index contributed by atoms with van der Waals surface area (Å²) >= 11 is 0. The second kappa shape index (κ2) is 9.31. The fraction of sp³-hybridized carbons (Fsp3) is 0.353. The number of amides is 2. The number of hydrogen-bond donors (Lipinski definition) is 3. The van der Waals surface area contributed by atoms with Gasteiger partial charge in [0.15, 0.2) is 0 Å². The van der Waals surface area contributed by atoms with E-state index in [4.69, 9.17) is 9.47 Å². The largest absolute Gasteiger partial charge is 0.497 e. The van der Waals surface area contributed by atoms with Gasteiger partial charge in [-0.3, -0.25) is 4.98 Å². The molecule has 2 rings (SSSR count). The quantitative estimate of drug-likeness (QED) is 0.633. The average molecular weight is 345 g/mol. The van der Waals surface area contributed by atoms with E-state index in [9.17, 15) is 4.79 Å². The Labute approximate surface area is 147 Å². The molecule has 0 aliphatic rings. The summed E-state index contributed by atoms with van der Waals surface area (Å²) in [7, 11) is 3.18. The van der Waals surface area contributed by atoms with Crippen LogP contribution in [0, 0.1) is 0 Å². The maximum absolute atomic E-state index is 12.0. The molecule has 3 N–H and O–H groups in total. The predicted octanol–water partition coefficient (Wildman–Crippen LogP) is 1.97. The second-order valence-electron chi connectivity index (χ2n) is 5.25. The van der Waals surface area contributed by atoms with Crippen LogP contribution in [0.2, 0.25) is 0 Å². The molecule has 8 nitrogen and oxygen atoms in total. The first-order valence-electron chi connectivity index (χ1n) is 7.90. The first-order valence-corrected chi connectivity index (χ1v) is 7.90. The Bertz CT molecular complexity index is 681. The number of aromatic nitrogens is 2. The molecule has 8 heteroatoms. The monoisotopic (exact) mass is 345 g/mol. The summed E-state index contributed by atoms with van der Waals surface area (Å²) < 4.78 is 10.5. The standard InChI is InChI=1S/C17H23N5O3/c1-12(14-5-4-13(24-2)10-15(14)25-3)22-17(23)21-9-8-20-16-11-18-6-7-19-16/h4-7,10-12H,8-9H2,1-3H3,(H,19,20)(H2,21,22,23). The molecule has 1 heterocycles. The SMILES string of the molecule is COc1ccc(C(C)NC(=O)NCCNc2cnccn2)c(OC)c1. The molecule has 0 radical (unpaired) electrons. The normalized spacial score (nSPS) is 11.3. The van der Waals surface area contributed by atoms with E-state index < -0.39 is 0 Å². The van der Waals surface area contributed by atoms with Crippen LogP contribution < -0.4 is 25.4 Å². The molecule has 0 spiro atoms. The number of carbonyl (C=O) groups excluding carboxylic acids is 1. The summed E-state index contributed by atoms with van der Waals surface area (Å²) in [4.78, 5) is 20.1. The highest BCUT2D eigenvalue weighted by Crippen LogP contribution is 2.29. The van der Waals surface area contributed by atoms with Gasteiger partial charge in [0, 0.05) is 37.1 Å². The lowest BCUT2D eigenvalue weighted by Gasteiger charge is -2.18. The Morgan fingerprint density at radius 2 is 2.04 bits per heavy atom. The summed E-state index contributed by atoms with van der Waals surface area (Å²) in [5.74, 6) is 2.03. The van der Waals surface area contributed by atoms with Crippen LogP contribution in [0.3, 0.4) is 0 Å². The van der Waals surface area contributed by atoms with Crippen molar-refractivity contribution in [2.45, 2.75) is 13.0 Å². The van der Waals surface area contributed by atoms with E-state index in [1.165, 1.54) is 0 Å². The van der Waals surface area contributed by atoms with E-state index in [1.54, 1.807) is 38.9 Å². The number of nitrogens with one attached hydrogen (secondary N) is 3. The average Bonchev–Trinajstić information content (AvgIpc) is 2.65. The molecule has 1 aromatic carbocycles. The van der Waals surface area contributed by atoms with Gasteiger partial charge in [-0.05, 0) is 19.1 Å². The molecule has 1 atom stereocenters. The molecule has 0 aliphatic carbocycles. The molecule has 134 valence electrons. The van der Waals surface area contributed by atoms with Crippen molar-refractivity contribution in [1.29, 1.82) is 0 Å². The van der Waals surface area contributed by atoms with Crippen molar-refractivity contribution in [3.05, 3.63) is 42.4 Å². The summed E-state index contributed by atoms with van der Waals surface area (Å²) in [5.41, 5.74) is 0.871. The van der Waals surface area contributed by atoms with Gasteiger partial charge < -0.3 is 25.4 Å². The Balaban J connectivity index is 1.79. The van der Waals surface area contributed by atoms with Crippen LogP contribution >= 0.6 is 0 Å². The van der Waals surface area contributed by atoms with Gasteiger partial charge in [-0.25, -0.2) is 9.78 Å². The van der Waals surface area contributed by atoms with Gasteiger partial charge in [-0.1, -0.05) is 0 Å². The van der Waals surface area contributed by atoms with Crippen molar-refractivity contribution in [3.8, 4) is 11.5 Å². The number of benzene rings is 1. The number of nitrogens with zero attached hydrogens (tertiary/aromatic N) is 2. The fourth-order valence-corrected chi connectivity index (χ4v) is 2.26. The van der Waals surface area contributed by atoms with Crippen molar-refractivity contribution in [2.24, 2.45) is 0 Å². The molecular formula is C17H23N5O3. The predicted molar refractivity (Wildman–Crippen MR) is 95.0 cm³/mol. The molecule has 0 fully saturated rings. The fourth-order valence-electron chi connectivity index (χ4n) is 2.26. The first kappa shape index (κ1) is 18.3. The van der Waals surface area contributed by atoms with Crippen molar-refractivity contribution in [1.82, 2.24) is 20.6 Å². The van der Waals surface area contributed by atoms with Gasteiger partial charge in [-0.15, -0.1) is 0 Å². The smallest absolute Gasteiger partial charge is 0.315 e. The van der Waals surface area contributed by atoms with E-state index in [1.807, 2.05) is 19.1 Å². The van der Waals surface area contributed by atoms with Gasteiger partial charge in [0.05, 0.1) is 26.5 Å². The minimum atomic E-state index is -0.258. The third-order valence-corrected chi connectivity index (χ3v) is 3.53. The first-order chi connectivity index (χ1) is 12.1. The van der Waals surface area contributed by atoms with Gasteiger partial charge in [0.25, 0.3) is 0 Å². The number of carbonyl (C=O) groups is 1. The molecule has 1 unspecified atom stereocenters. The summed E-state index contributed by atoms with van der Waals surface area (Å²) in [5, 5.41) is 8.73. The van der Waals surface area contributed by atoms with Gasteiger partial charge in [-0.2, -0.15) is 0 Å². The molecular weight excluding hydrogens is 322 g/mol. The van der Waals surface area contributed by atoms with Crippen LogP contribution in [0.15, 0.2) is 36.8 Å². The van der Waals surface area contributed by atoms with E-state index in [-0.39, 0.29) is 12.1 Å². The maximum atomic E-state index is 12.0. The van der Waals surface area contributed by atoms with Crippen LogP contribution in [0.1, 0.15) is 18.5 Å². The lowest BCUT2D eigenvalue weighted by molar-refractivity contribution is 0.238. The lowest BCUT2D eigenvalue weighted by Crippen LogP contribution is -2.39. The maximum Gasteiger partial charge on any atom is 0.315 e. The van der Waals surface area contributed by atoms with Crippen molar-refractivity contribution in [3.63, 3.8) is 0 Å². The highest BCUT2D eigenvalue weighted by molar-refractivity contribution is 5.74. The molecule has 0 bridgehead atoms. The summed E-state index contributed by atoms with van der Waals surface area (Å²) in [6.45, 7) is 2.89. The van der Waals surface area contributed by atoms with Crippen molar-refractivity contribution < 1.29 is 14.3 Å². The third kappa shape index (κ3) is 5.52. The van der Waals surface area contributed by atoms with Crippen molar-refractivity contribution in [2.75, 3.05) is 32.6 Å². The Morgan fingerprint density at radius 1 is 1.20 bits per heavy atom. The van der Waals surface area contributed by atoms with Gasteiger partial charge in [0.1, 0.15) is 17.3 Å². The molecule has 0 aliphatic heterocycles. The Morgan fingerprint density at radius 3 is 2.72 bits per heavy atom. The van der Waals surface area contributed by atoms with Crippen LogP contribution in [0.25, 0.3) is 0 Å². The number of hydrogen-bond acceptors (Lipinski definition) is 6. The zero-order chi connectivity index (χ0) is 18.1. The van der Waals surface area contributed by atoms with E-state index in [0.717, 1.165) is 5.56 Å². The summed E-state index contributed by atoms with van der Waals surface area (Å²) in [6.07, 6.45) is 4.83. The second-order valence-corrected chi connectivity index (χ2v) is 5.25. The lowest BCUT2D eigenvalue weighted by atomic mass is 10.1.